The Bertz CT molecular complexity index is 1060. The van der Waals surface area contributed by atoms with E-state index in [1.807, 2.05) is 24.3 Å². The minimum atomic E-state index is -0.673. The number of fused-ring (bicyclic) bond motifs is 1. The average molecular weight is 393 g/mol. The summed E-state index contributed by atoms with van der Waals surface area (Å²) >= 11 is 0. The van der Waals surface area contributed by atoms with Crippen molar-refractivity contribution < 1.29 is 14.0 Å². The zero-order valence-electron chi connectivity index (χ0n) is 15.9. The summed E-state index contributed by atoms with van der Waals surface area (Å²) < 4.78 is 13.8. The molecular weight excluding hydrogens is 373 g/mol. The molecule has 0 saturated heterocycles. The minimum absolute atomic E-state index is 0.0754. The van der Waals surface area contributed by atoms with E-state index in [1.165, 1.54) is 6.07 Å². The average Bonchev–Trinajstić information content (AvgIpc) is 3.16. The van der Waals surface area contributed by atoms with Crippen LogP contribution in [0.4, 0.5) is 10.1 Å². The van der Waals surface area contributed by atoms with Gasteiger partial charge in [-0.2, -0.15) is 0 Å². The van der Waals surface area contributed by atoms with Gasteiger partial charge in [-0.05, 0) is 36.1 Å². The first-order chi connectivity index (χ1) is 14.0. The van der Waals surface area contributed by atoms with E-state index in [0.717, 1.165) is 11.3 Å². The summed E-state index contributed by atoms with van der Waals surface area (Å²) in [6, 6.07) is 13.4. The Kier molecular flexibility index (Phi) is 5.07. The number of halogens is 1. The van der Waals surface area contributed by atoms with Crippen LogP contribution >= 0.6 is 0 Å². The lowest BCUT2D eigenvalue weighted by atomic mass is 10.1. The number of H-pyrrole nitrogens is 1. The Morgan fingerprint density at radius 1 is 1.24 bits per heavy atom. The molecule has 1 aliphatic heterocycles. The predicted octanol–water partition coefficient (Wildman–Crippen LogP) is 2.24. The van der Waals surface area contributed by atoms with Crippen molar-refractivity contribution in [3.63, 3.8) is 0 Å². The van der Waals surface area contributed by atoms with Crippen LogP contribution in [0.2, 0.25) is 0 Å². The van der Waals surface area contributed by atoms with Crippen LogP contribution in [0.1, 0.15) is 34.0 Å². The smallest absolute Gasteiger partial charge is 0.291 e. The maximum Gasteiger partial charge on any atom is 0.291 e. The first kappa shape index (κ1) is 18.8. The second-order valence-corrected chi connectivity index (χ2v) is 6.96. The number of rotatable bonds is 4. The van der Waals surface area contributed by atoms with Crippen LogP contribution < -0.4 is 10.2 Å². The zero-order valence-corrected chi connectivity index (χ0v) is 15.9. The SMILES string of the molecule is CN1C(=O)[C@@H](NC(=O)c2n[nH]c(Cc3ccccc3F)n2)CCc2ccccc21. The number of nitrogens with one attached hydrogen (secondary N) is 2. The third-order valence-electron chi connectivity index (χ3n) is 5.04. The molecule has 0 unspecified atom stereocenters. The highest BCUT2D eigenvalue weighted by Gasteiger charge is 2.30. The van der Waals surface area contributed by atoms with Crippen molar-refractivity contribution in [2.24, 2.45) is 0 Å². The number of benzene rings is 2. The van der Waals surface area contributed by atoms with E-state index < -0.39 is 11.9 Å². The Morgan fingerprint density at radius 2 is 2.00 bits per heavy atom. The number of anilines is 1. The Hall–Kier alpha value is -3.55. The number of aromatic nitrogens is 3. The molecule has 0 radical (unpaired) electrons. The molecule has 0 aliphatic carbocycles. The van der Waals surface area contributed by atoms with Crippen molar-refractivity contribution >= 4 is 17.5 Å². The van der Waals surface area contributed by atoms with Crippen molar-refractivity contribution in [2.45, 2.75) is 25.3 Å². The van der Waals surface area contributed by atoms with Gasteiger partial charge in [0.1, 0.15) is 17.7 Å². The van der Waals surface area contributed by atoms with Gasteiger partial charge in [-0.1, -0.05) is 36.4 Å². The summed E-state index contributed by atoms with van der Waals surface area (Å²) in [7, 11) is 1.70. The minimum Gasteiger partial charge on any atom is -0.337 e. The topological polar surface area (TPSA) is 91.0 Å². The number of likely N-dealkylation sites (N-methyl/N-ethyl adjacent to an activating group) is 1. The molecule has 0 saturated carbocycles. The highest BCUT2D eigenvalue weighted by molar-refractivity contribution is 6.01. The van der Waals surface area contributed by atoms with Crippen LogP contribution in [0, 0.1) is 5.82 Å². The fourth-order valence-corrected chi connectivity index (χ4v) is 3.48. The predicted molar refractivity (Wildman–Crippen MR) is 105 cm³/mol. The normalized spacial score (nSPS) is 16.3. The number of amides is 2. The summed E-state index contributed by atoms with van der Waals surface area (Å²) in [6.07, 6.45) is 1.34. The lowest BCUT2D eigenvalue weighted by Crippen LogP contribution is -2.47. The highest BCUT2D eigenvalue weighted by atomic mass is 19.1. The van der Waals surface area contributed by atoms with E-state index in [-0.39, 0.29) is 24.0 Å². The van der Waals surface area contributed by atoms with Crippen molar-refractivity contribution in [1.29, 1.82) is 0 Å². The van der Waals surface area contributed by atoms with Gasteiger partial charge in [-0.3, -0.25) is 14.7 Å². The van der Waals surface area contributed by atoms with Gasteiger partial charge in [0.05, 0.1) is 0 Å². The van der Waals surface area contributed by atoms with Crippen LogP contribution in [-0.2, 0) is 17.6 Å². The maximum absolute atomic E-state index is 13.8. The van der Waals surface area contributed by atoms with Gasteiger partial charge in [0.15, 0.2) is 0 Å². The van der Waals surface area contributed by atoms with Gasteiger partial charge in [-0.25, -0.2) is 9.37 Å². The largest absolute Gasteiger partial charge is 0.337 e. The number of para-hydroxylation sites is 1. The van der Waals surface area contributed by atoms with Crippen LogP contribution in [0.15, 0.2) is 48.5 Å². The molecule has 1 atom stereocenters. The molecule has 4 rings (SSSR count). The molecule has 7 nitrogen and oxygen atoms in total. The molecule has 0 fully saturated rings. The molecule has 2 amide bonds. The van der Waals surface area contributed by atoms with E-state index in [9.17, 15) is 14.0 Å². The first-order valence-electron chi connectivity index (χ1n) is 9.34. The van der Waals surface area contributed by atoms with Gasteiger partial charge >= 0.3 is 0 Å². The lowest BCUT2D eigenvalue weighted by Gasteiger charge is -2.21. The maximum atomic E-state index is 13.8. The van der Waals surface area contributed by atoms with E-state index >= 15 is 0 Å². The summed E-state index contributed by atoms with van der Waals surface area (Å²) in [6.45, 7) is 0. The van der Waals surface area contributed by atoms with Gasteiger partial charge < -0.3 is 10.2 Å². The fraction of sp³-hybridized carbons (Fsp3) is 0.238. The molecule has 3 aromatic rings. The van der Waals surface area contributed by atoms with Crippen LogP contribution in [0.3, 0.4) is 0 Å². The molecule has 2 heterocycles. The summed E-state index contributed by atoms with van der Waals surface area (Å²) in [5.41, 5.74) is 2.36. The summed E-state index contributed by atoms with van der Waals surface area (Å²) in [5, 5.41) is 9.31. The molecule has 1 aliphatic rings. The second kappa shape index (κ2) is 7.83. The molecule has 148 valence electrons. The van der Waals surface area contributed by atoms with Gasteiger partial charge in [0, 0.05) is 19.2 Å². The van der Waals surface area contributed by atoms with Crippen LogP contribution in [0.5, 0.6) is 0 Å². The fourth-order valence-electron chi connectivity index (χ4n) is 3.48. The Labute approximate surface area is 167 Å². The Morgan fingerprint density at radius 3 is 2.83 bits per heavy atom. The van der Waals surface area contributed by atoms with Crippen LogP contribution in [0.25, 0.3) is 0 Å². The third kappa shape index (κ3) is 3.87. The molecule has 0 bridgehead atoms. The number of aromatic amines is 1. The number of carbonyl (C=O) groups is 2. The standard InChI is InChI=1S/C21H20FN5O2/c1-27-17-9-5-3-6-13(17)10-11-16(21(27)29)23-20(28)19-24-18(25-26-19)12-14-7-2-4-8-15(14)22/h2-9,16H,10-12H2,1H3,(H,23,28)(H,24,25,26)/t16-/m0/s1. The molecular formula is C21H20FN5O2. The lowest BCUT2D eigenvalue weighted by molar-refractivity contribution is -0.120. The molecule has 29 heavy (non-hydrogen) atoms. The quantitative estimate of drug-likeness (QED) is 0.711. The monoisotopic (exact) mass is 393 g/mol. The van der Waals surface area contributed by atoms with Crippen LogP contribution in [-0.4, -0.2) is 40.1 Å². The zero-order chi connectivity index (χ0) is 20.4. The molecule has 2 aromatic carbocycles. The number of hydrogen-bond donors (Lipinski definition) is 2. The number of hydrogen-bond acceptors (Lipinski definition) is 4. The number of aryl methyl sites for hydroxylation is 1. The van der Waals surface area contributed by atoms with E-state index in [4.69, 9.17) is 0 Å². The number of nitrogens with zero attached hydrogens (tertiary/aromatic N) is 3. The number of carbonyl (C=O) groups excluding carboxylic acids is 2. The van der Waals surface area contributed by atoms with Crippen molar-refractivity contribution in [3.05, 3.63) is 77.1 Å². The first-order valence-corrected chi connectivity index (χ1v) is 9.34. The summed E-state index contributed by atoms with van der Waals surface area (Å²) in [4.78, 5) is 31.1. The molecule has 8 heteroatoms. The van der Waals surface area contributed by atoms with E-state index in [1.54, 1.807) is 30.1 Å². The van der Waals surface area contributed by atoms with Gasteiger partial charge in [-0.15, -0.1) is 5.10 Å². The second-order valence-electron chi connectivity index (χ2n) is 6.96. The van der Waals surface area contributed by atoms with E-state index in [2.05, 4.69) is 20.5 Å². The van der Waals surface area contributed by atoms with Crippen molar-refractivity contribution in [2.75, 3.05) is 11.9 Å². The third-order valence-corrected chi connectivity index (χ3v) is 5.04. The highest BCUT2D eigenvalue weighted by Crippen LogP contribution is 2.25. The molecule has 1 aromatic heterocycles. The van der Waals surface area contributed by atoms with E-state index in [0.29, 0.717) is 24.2 Å². The van der Waals surface area contributed by atoms with Crippen molar-refractivity contribution in [3.8, 4) is 0 Å². The van der Waals surface area contributed by atoms with Gasteiger partial charge in [0.25, 0.3) is 5.91 Å². The Balaban J connectivity index is 1.45. The van der Waals surface area contributed by atoms with Crippen molar-refractivity contribution in [1.82, 2.24) is 20.5 Å². The molecule has 0 spiro atoms. The summed E-state index contributed by atoms with van der Waals surface area (Å²) in [5.74, 6) is -0.781. The molecule has 2 N–H and O–H groups in total. The van der Waals surface area contributed by atoms with Gasteiger partial charge in [0.2, 0.25) is 11.7 Å².